The summed E-state index contributed by atoms with van der Waals surface area (Å²) in [5, 5.41) is 2.81. The molecule has 13 heavy (non-hydrogen) atoms. The van der Waals surface area contributed by atoms with Crippen LogP contribution >= 0.6 is 0 Å². The van der Waals surface area contributed by atoms with Crippen LogP contribution in [-0.4, -0.2) is 12.5 Å². The predicted molar refractivity (Wildman–Crippen MR) is 46.7 cm³/mol. The molecule has 1 aliphatic rings. The first-order chi connectivity index (χ1) is 6.17. The van der Waals surface area contributed by atoms with Crippen LogP contribution in [-0.2, 0) is 0 Å². The molecule has 2 rings (SSSR count). The highest BCUT2D eigenvalue weighted by Gasteiger charge is 2.39. The topological polar surface area (TPSA) is 12.0 Å². The van der Waals surface area contributed by atoms with Crippen molar-refractivity contribution in [1.29, 1.82) is 0 Å². The van der Waals surface area contributed by atoms with Gasteiger partial charge in [-0.05, 0) is 5.56 Å². The Morgan fingerprint density at radius 2 is 1.92 bits per heavy atom. The lowest BCUT2D eigenvalue weighted by atomic mass is 10.0. The van der Waals surface area contributed by atoms with Gasteiger partial charge in [0.15, 0.2) is 0 Å². The molecule has 1 atom stereocenters. The van der Waals surface area contributed by atoms with Crippen molar-refractivity contribution in [3.05, 3.63) is 35.9 Å². The molecule has 1 heterocycles. The number of hydrogen-bond donors (Lipinski definition) is 1. The van der Waals surface area contributed by atoms with E-state index in [1.165, 1.54) is 0 Å². The van der Waals surface area contributed by atoms with Crippen LogP contribution in [0.2, 0.25) is 0 Å². The van der Waals surface area contributed by atoms with Crippen molar-refractivity contribution in [3.8, 4) is 0 Å². The molecular weight excluding hydrogens is 172 g/mol. The average Bonchev–Trinajstić information content (AvgIpc) is 2.48. The van der Waals surface area contributed by atoms with E-state index in [9.17, 15) is 8.78 Å². The maximum Gasteiger partial charge on any atom is 0.262 e. The van der Waals surface area contributed by atoms with Gasteiger partial charge in [-0.2, -0.15) is 0 Å². The molecule has 1 N–H and O–H groups in total. The van der Waals surface area contributed by atoms with Crippen molar-refractivity contribution >= 4 is 0 Å². The SMILES string of the molecule is FC1(F)CNC(c2ccccc2)C1. The summed E-state index contributed by atoms with van der Waals surface area (Å²) in [4.78, 5) is 0. The van der Waals surface area contributed by atoms with Gasteiger partial charge in [0.2, 0.25) is 0 Å². The molecular formula is C10H11F2N. The normalized spacial score (nSPS) is 26.2. The van der Waals surface area contributed by atoms with Gasteiger partial charge in [-0.1, -0.05) is 30.3 Å². The van der Waals surface area contributed by atoms with Crippen molar-refractivity contribution in [2.24, 2.45) is 0 Å². The Kier molecular flexibility index (Phi) is 2.04. The number of halogens is 2. The first kappa shape index (κ1) is 8.63. The molecule has 0 aliphatic carbocycles. The van der Waals surface area contributed by atoms with Crippen LogP contribution in [0.3, 0.4) is 0 Å². The molecule has 1 aliphatic heterocycles. The predicted octanol–water partition coefficient (Wildman–Crippen LogP) is 2.36. The van der Waals surface area contributed by atoms with Gasteiger partial charge in [-0.15, -0.1) is 0 Å². The molecule has 0 amide bonds. The van der Waals surface area contributed by atoms with Crippen molar-refractivity contribution in [2.45, 2.75) is 18.4 Å². The van der Waals surface area contributed by atoms with E-state index >= 15 is 0 Å². The summed E-state index contributed by atoms with van der Waals surface area (Å²) >= 11 is 0. The van der Waals surface area contributed by atoms with E-state index in [4.69, 9.17) is 0 Å². The molecule has 0 saturated carbocycles. The minimum Gasteiger partial charge on any atom is -0.304 e. The van der Waals surface area contributed by atoms with Gasteiger partial charge in [-0.3, -0.25) is 0 Å². The zero-order valence-corrected chi connectivity index (χ0v) is 7.13. The zero-order valence-electron chi connectivity index (χ0n) is 7.13. The second kappa shape index (κ2) is 3.07. The molecule has 3 heteroatoms. The van der Waals surface area contributed by atoms with Crippen LogP contribution in [0.5, 0.6) is 0 Å². The Balaban J connectivity index is 2.13. The van der Waals surface area contributed by atoms with Crippen LogP contribution in [0.15, 0.2) is 30.3 Å². The maximum atomic E-state index is 12.8. The Morgan fingerprint density at radius 3 is 2.46 bits per heavy atom. The van der Waals surface area contributed by atoms with E-state index in [0.717, 1.165) is 5.56 Å². The number of hydrogen-bond acceptors (Lipinski definition) is 1. The fraction of sp³-hybridized carbons (Fsp3) is 0.400. The molecule has 1 unspecified atom stereocenters. The highest BCUT2D eigenvalue weighted by Crippen LogP contribution is 2.33. The number of nitrogens with one attached hydrogen (secondary N) is 1. The molecule has 0 spiro atoms. The maximum absolute atomic E-state index is 12.8. The van der Waals surface area contributed by atoms with Gasteiger partial charge in [0.25, 0.3) is 5.92 Å². The van der Waals surface area contributed by atoms with Gasteiger partial charge in [0.05, 0.1) is 6.54 Å². The average molecular weight is 183 g/mol. The van der Waals surface area contributed by atoms with Crippen LogP contribution in [0, 0.1) is 0 Å². The number of alkyl halides is 2. The molecule has 1 aromatic rings. The Bertz CT molecular complexity index is 284. The van der Waals surface area contributed by atoms with Crippen LogP contribution < -0.4 is 5.32 Å². The van der Waals surface area contributed by atoms with Crippen molar-refractivity contribution < 1.29 is 8.78 Å². The monoisotopic (exact) mass is 183 g/mol. The second-order valence-corrected chi connectivity index (χ2v) is 3.40. The number of benzene rings is 1. The van der Waals surface area contributed by atoms with E-state index in [0.29, 0.717) is 0 Å². The standard InChI is InChI=1S/C10H11F2N/c11-10(12)6-9(13-7-10)8-4-2-1-3-5-8/h1-5,9,13H,6-7H2. The Labute approximate surface area is 75.8 Å². The van der Waals surface area contributed by atoms with Gasteiger partial charge >= 0.3 is 0 Å². The van der Waals surface area contributed by atoms with Crippen molar-refractivity contribution in [1.82, 2.24) is 5.32 Å². The van der Waals surface area contributed by atoms with Gasteiger partial charge in [0, 0.05) is 12.5 Å². The second-order valence-electron chi connectivity index (χ2n) is 3.40. The molecule has 1 aromatic carbocycles. The highest BCUT2D eigenvalue weighted by molar-refractivity contribution is 5.20. The lowest BCUT2D eigenvalue weighted by Crippen LogP contribution is -2.19. The van der Waals surface area contributed by atoms with Crippen molar-refractivity contribution in [2.75, 3.05) is 6.54 Å². The summed E-state index contributed by atoms with van der Waals surface area (Å²) in [6.45, 7) is -0.202. The fourth-order valence-electron chi connectivity index (χ4n) is 1.64. The largest absolute Gasteiger partial charge is 0.304 e. The lowest BCUT2D eigenvalue weighted by molar-refractivity contribution is 0.0210. The third-order valence-corrected chi connectivity index (χ3v) is 2.31. The van der Waals surface area contributed by atoms with Crippen LogP contribution in [0.25, 0.3) is 0 Å². The summed E-state index contributed by atoms with van der Waals surface area (Å²) in [7, 11) is 0. The first-order valence-corrected chi connectivity index (χ1v) is 4.33. The molecule has 1 saturated heterocycles. The summed E-state index contributed by atoms with van der Waals surface area (Å²) in [6.07, 6.45) is -0.0863. The summed E-state index contributed by atoms with van der Waals surface area (Å²) in [5.74, 6) is -2.54. The van der Waals surface area contributed by atoms with E-state index in [2.05, 4.69) is 5.32 Å². The first-order valence-electron chi connectivity index (χ1n) is 4.33. The van der Waals surface area contributed by atoms with Gasteiger partial charge in [-0.25, -0.2) is 8.78 Å². The van der Waals surface area contributed by atoms with Crippen LogP contribution in [0.1, 0.15) is 18.0 Å². The summed E-state index contributed by atoms with van der Waals surface area (Å²) < 4.78 is 25.6. The molecule has 70 valence electrons. The third-order valence-electron chi connectivity index (χ3n) is 2.31. The third kappa shape index (κ3) is 1.86. The fourth-order valence-corrected chi connectivity index (χ4v) is 1.64. The minimum atomic E-state index is -2.54. The number of rotatable bonds is 1. The smallest absolute Gasteiger partial charge is 0.262 e. The minimum absolute atomic E-state index is 0.0863. The molecule has 1 nitrogen and oxygen atoms in total. The van der Waals surface area contributed by atoms with Gasteiger partial charge < -0.3 is 5.32 Å². The molecule has 1 fully saturated rings. The highest BCUT2D eigenvalue weighted by atomic mass is 19.3. The lowest BCUT2D eigenvalue weighted by Gasteiger charge is -2.09. The van der Waals surface area contributed by atoms with E-state index in [1.807, 2.05) is 30.3 Å². The Hall–Kier alpha value is -0.960. The van der Waals surface area contributed by atoms with Gasteiger partial charge in [0.1, 0.15) is 0 Å². The van der Waals surface area contributed by atoms with Crippen LogP contribution in [0.4, 0.5) is 8.78 Å². The van der Waals surface area contributed by atoms with Crippen molar-refractivity contribution in [3.63, 3.8) is 0 Å². The van der Waals surface area contributed by atoms with E-state index < -0.39 is 5.92 Å². The summed E-state index contributed by atoms with van der Waals surface area (Å²) in [5.41, 5.74) is 0.944. The molecule has 0 radical (unpaired) electrons. The Morgan fingerprint density at radius 1 is 1.23 bits per heavy atom. The zero-order chi connectivity index (χ0) is 9.31. The quantitative estimate of drug-likeness (QED) is 0.704. The molecule has 0 aromatic heterocycles. The van der Waals surface area contributed by atoms with E-state index in [-0.39, 0.29) is 19.0 Å². The van der Waals surface area contributed by atoms with E-state index in [1.54, 1.807) is 0 Å². The summed E-state index contributed by atoms with van der Waals surface area (Å²) in [6, 6.07) is 9.19. The molecule has 0 bridgehead atoms.